The van der Waals surface area contributed by atoms with Gasteiger partial charge in [-0.05, 0) is 44.9 Å². The molecule has 1 saturated heterocycles. The Hall–Kier alpha value is -2.39. The molecule has 9 heteroatoms. The molecular weight excluding hydrogens is 398 g/mol. The summed E-state index contributed by atoms with van der Waals surface area (Å²) >= 11 is 1.30. The van der Waals surface area contributed by atoms with E-state index in [0.29, 0.717) is 16.7 Å². The third kappa shape index (κ3) is 3.60. The van der Waals surface area contributed by atoms with E-state index in [-0.39, 0.29) is 18.0 Å². The van der Waals surface area contributed by atoms with Gasteiger partial charge in [-0.1, -0.05) is 12.2 Å². The number of rotatable bonds is 5. The minimum absolute atomic E-state index is 0.0107. The molecule has 0 radical (unpaired) electrons. The van der Waals surface area contributed by atoms with Crippen LogP contribution in [0.25, 0.3) is 0 Å². The number of carbonyl (C=O) groups is 1. The minimum Gasteiger partial charge on any atom is -0.389 e. The molecule has 5 rings (SSSR count). The summed E-state index contributed by atoms with van der Waals surface area (Å²) in [6.45, 7) is 1.81. The quantitative estimate of drug-likeness (QED) is 0.711. The van der Waals surface area contributed by atoms with Crippen molar-refractivity contribution in [2.24, 2.45) is 5.73 Å². The Labute approximate surface area is 180 Å². The molecule has 2 aromatic heterocycles. The molecule has 3 heterocycles. The van der Waals surface area contributed by atoms with E-state index in [0.717, 1.165) is 69.5 Å². The molecule has 8 nitrogen and oxygen atoms in total. The lowest BCUT2D eigenvalue weighted by Crippen LogP contribution is -2.40. The summed E-state index contributed by atoms with van der Waals surface area (Å²) in [6, 6.07) is 0.649. The van der Waals surface area contributed by atoms with Crippen molar-refractivity contribution in [1.29, 1.82) is 0 Å². The summed E-state index contributed by atoms with van der Waals surface area (Å²) in [7, 11) is 0. The van der Waals surface area contributed by atoms with Gasteiger partial charge < -0.3 is 16.4 Å². The predicted molar refractivity (Wildman–Crippen MR) is 120 cm³/mol. The van der Waals surface area contributed by atoms with E-state index in [4.69, 9.17) is 16.6 Å². The molecule has 30 heavy (non-hydrogen) atoms. The normalized spacial score (nSPS) is 24.2. The van der Waals surface area contributed by atoms with Crippen LogP contribution in [0, 0.1) is 0 Å². The minimum atomic E-state index is -0.145. The van der Waals surface area contributed by atoms with E-state index in [1.54, 1.807) is 5.51 Å². The van der Waals surface area contributed by atoms with Gasteiger partial charge in [-0.3, -0.25) is 9.69 Å². The zero-order valence-corrected chi connectivity index (χ0v) is 17.9. The van der Waals surface area contributed by atoms with Crippen LogP contribution in [0.5, 0.6) is 0 Å². The van der Waals surface area contributed by atoms with Crippen LogP contribution in [0.15, 0.2) is 23.9 Å². The highest BCUT2D eigenvalue weighted by Crippen LogP contribution is 2.43. The maximum absolute atomic E-state index is 13.6. The Morgan fingerprint density at radius 3 is 2.77 bits per heavy atom. The zero-order chi connectivity index (χ0) is 20.7. The number of nitrogens with zero attached hydrogens (tertiary/aromatic N) is 5. The largest absolute Gasteiger partial charge is 0.389 e. The first kappa shape index (κ1) is 19.6. The van der Waals surface area contributed by atoms with Crippen molar-refractivity contribution in [3.05, 3.63) is 29.6 Å². The van der Waals surface area contributed by atoms with Crippen molar-refractivity contribution in [1.82, 2.24) is 14.8 Å². The number of anilines is 3. The SMILES string of the molecule is Nc1scnc1C(=O)N(c1cnn(C2CC2)c1N1CCCC(N)CC1)[C@H]1C=CCC1. The average Bonchev–Trinajstić information content (AvgIpc) is 3.12. The van der Waals surface area contributed by atoms with E-state index in [2.05, 4.69) is 26.7 Å². The molecule has 2 aliphatic carbocycles. The fourth-order valence-electron chi connectivity index (χ4n) is 4.54. The van der Waals surface area contributed by atoms with Crippen LogP contribution in [0.1, 0.15) is 61.5 Å². The van der Waals surface area contributed by atoms with Gasteiger partial charge in [0, 0.05) is 19.1 Å². The summed E-state index contributed by atoms with van der Waals surface area (Å²) in [6.07, 6.45) is 13.3. The van der Waals surface area contributed by atoms with Crippen molar-refractivity contribution in [3.8, 4) is 0 Å². The molecule has 3 aliphatic rings. The number of thiazole rings is 1. The number of allylic oxidation sites excluding steroid dienone is 1. The second-order valence-electron chi connectivity index (χ2n) is 8.52. The molecule has 160 valence electrons. The lowest BCUT2D eigenvalue weighted by atomic mass is 10.1. The van der Waals surface area contributed by atoms with Crippen LogP contribution in [-0.4, -0.2) is 45.8 Å². The van der Waals surface area contributed by atoms with Gasteiger partial charge in [0.15, 0.2) is 11.5 Å². The summed E-state index contributed by atoms with van der Waals surface area (Å²) < 4.78 is 2.13. The maximum atomic E-state index is 13.6. The number of hydrogen-bond acceptors (Lipinski definition) is 7. The third-order valence-electron chi connectivity index (χ3n) is 6.31. The molecule has 4 N–H and O–H groups in total. The molecule has 1 amide bonds. The summed E-state index contributed by atoms with van der Waals surface area (Å²) in [4.78, 5) is 22.2. The predicted octanol–water partition coefficient (Wildman–Crippen LogP) is 2.94. The van der Waals surface area contributed by atoms with Crippen LogP contribution in [0.4, 0.5) is 16.5 Å². The Morgan fingerprint density at radius 2 is 2.07 bits per heavy atom. The standard InChI is InChI=1S/C21H29N7OS/c22-14-4-3-10-26(11-9-14)20-17(12-25-28(20)16-7-8-16)27(15-5-1-2-6-15)21(29)18-19(23)30-13-24-18/h1,5,12-16H,2-4,6-11,22-23H2/t14?,15-/m0/s1. The van der Waals surface area contributed by atoms with Crippen molar-refractivity contribution in [2.75, 3.05) is 28.6 Å². The lowest BCUT2D eigenvalue weighted by molar-refractivity contribution is 0.0977. The lowest BCUT2D eigenvalue weighted by Gasteiger charge is -2.31. The Bertz CT molecular complexity index is 947. The molecular formula is C21H29N7OS. The van der Waals surface area contributed by atoms with Crippen molar-refractivity contribution in [3.63, 3.8) is 0 Å². The highest BCUT2D eigenvalue weighted by molar-refractivity contribution is 7.14. The second kappa shape index (κ2) is 8.03. The van der Waals surface area contributed by atoms with E-state index < -0.39 is 0 Å². The Morgan fingerprint density at radius 1 is 1.20 bits per heavy atom. The van der Waals surface area contributed by atoms with Gasteiger partial charge >= 0.3 is 0 Å². The summed E-state index contributed by atoms with van der Waals surface area (Å²) in [5.74, 6) is 0.905. The van der Waals surface area contributed by atoms with Crippen LogP contribution in [0.3, 0.4) is 0 Å². The molecule has 1 saturated carbocycles. The highest BCUT2D eigenvalue weighted by atomic mass is 32.1. The number of carbonyl (C=O) groups excluding carboxylic acids is 1. The van der Waals surface area contributed by atoms with Gasteiger partial charge in [0.1, 0.15) is 10.7 Å². The maximum Gasteiger partial charge on any atom is 0.280 e. The van der Waals surface area contributed by atoms with E-state index >= 15 is 0 Å². The van der Waals surface area contributed by atoms with Crippen LogP contribution in [0.2, 0.25) is 0 Å². The number of nitrogens with two attached hydrogens (primary N) is 2. The van der Waals surface area contributed by atoms with Crippen LogP contribution >= 0.6 is 11.3 Å². The summed E-state index contributed by atoms with van der Waals surface area (Å²) in [5, 5.41) is 5.22. The van der Waals surface area contributed by atoms with Crippen molar-refractivity contribution < 1.29 is 4.79 Å². The fraction of sp³-hybridized carbons (Fsp3) is 0.571. The van der Waals surface area contributed by atoms with Gasteiger partial charge in [0.2, 0.25) is 0 Å². The first-order chi connectivity index (χ1) is 14.6. The molecule has 2 fully saturated rings. The molecule has 2 aromatic rings. The molecule has 0 aromatic carbocycles. The number of aromatic nitrogens is 3. The Kier molecular flexibility index (Phi) is 5.24. The van der Waals surface area contributed by atoms with Gasteiger partial charge in [0.05, 0.1) is 23.8 Å². The van der Waals surface area contributed by atoms with Crippen LogP contribution < -0.4 is 21.3 Å². The topological polar surface area (TPSA) is 106 Å². The van der Waals surface area contributed by atoms with Crippen molar-refractivity contribution in [2.45, 2.75) is 63.1 Å². The highest BCUT2D eigenvalue weighted by Gasteiger charge is 2.37. The van der Waals surface area contributed by atoms with Gasteiger partial charge in [0.25, 0.3) is 5.91 Å². The molecule has 1 unspecified atom stereocenters. The first-order valence-corrected chi connectivity index (χ1v) is 11.8. The monoisotopic (exact) mass is 427 g/mol. The third-order valence-corrected chi connectivity index (χ3v) is 6.97. The molecule has 2 atom stereocenters. The van der Waals surface area contributed by atoms with Crippen LogP contribution in [-0.2, 0) is 0 Å². The Balaban J connectivity index is 1.58. The first-order valence-electron chi connectivity index (χ1n) is 10.9. The number of nitrogen functional groups attached to an aromatic ring is 1. The van der Waals surface area contributed by atoms with Crippen molar-refractivity contribution >= 4 is 33.8 Å². The summed E-state index contributed by atoms with van der Waals surface area (Å²) in [5.41, 5.74) is 15.2. The van der Waals surface area contributed by atoms with E-state index in [1.165, 1.54) is 11.3 Å². The van der Waals surface area contributed by atoms with Gasteiger partial charge in [-0.25, -0.2) is 9.67 Å². The smallest absolute Gasteiger partial charge is 0.280 e. The molecule has 0 spiro atoms. The van der Waals surface area contributed by atoms with E-state index in [9.17, 15) is 4.79 Å². The van der Waals surface area contributed by atoms with E-state index in [1.807, 2.05) is 11.1 Å². The average molecular weight is 428 g/mol. The molecule has 1 aliphatic heterocycles. The molecule has 0 bridgehead atoms. The number of amides is 1. The zero-order valence-electron chi connectivity index (χ0n) is 17.1. The van der Waals surface area contributed by atoms with Gasteiger partial charge in [-0.2, -0.15) is 5.10 Å². The second-order valence-corrected chi connectivity index (χ2v) is 9.41. The van der Waals surface area contributed by atoms with Gasteiger partial charge in [-0.15, -0.1) is 11.3 Å². The number of hydrogen-bond donors (Lipinski definition) is 2. The fourth-order valence-corrected chi connectivity index (χ4v) is 5.07.